The number of aliphatic hydroxyl groups is 1. The van der Waals surface area contributed by atoms with Gasteiger partial charge in [-0.2, -0.15) is 0 Å². The van der Waals surface area contributed by atoms with Crippen molar-refractivity contribution in [3.05, 3.63) is 46.8 Å². The number of benzene rings is 1. The molecule has 2 aromatic rings. The Balaban J connectivity index is 0.000000706. The summed E-state index contributed by atoms with van der Waals surface area (Å²) in [7, 11) is 0. The Kier molecular flexibility index (Phi) is 6.93. The number of fused-ring (bicyclic) bond motifs is 1. The molecule has 7 nitrogen and oxygen atoms in total. The minimum absolute atomic E-state index is 0.174. The molecule has 1 aliphatic heterocycles. The van der Waals surface area contributed by atoms with E-state index in [2.05, 4.69) is 10.1 Å². The molecular weight excluding hydrogens is 384 g/mol. The first-order valence-electron chi connectivity index (χ1n) is 9.31. The van der Waals surface area contributed by atoms with Crippen LogP contribution in [0.2, 0.25) is 5.02 Å². The summed E-state index contributed by atoms with van der Waals surface area (Å²) in [5.41, 5.74) is 0.914. The molecule has 2 fully saturated rings. The van der Waals surface area contributed by atoms with E-state index >= 15 is 0 Å². The summed E-state index contributed by atoms with van der Waals surface area (Å²) in [5.74, 6) is 2.68. The highest BCUT2D eigenvalue weighted by Crippen LogP contribution is 2.38. The van der Waals surface area contributed by atoms with E-state index in [0.29, 0.717) is 16.9 Å². The Bertz CT molecular complexity index is 783. The summed E-state index contributed by atoms with van der Waals surface area (Å²) in [6, 6.07) is 9.36. The number of ether oxygens (including phenoxy) is 1. The monoisotopic (exact) mass is 408 g/mol. The van der Waals surface area contributed by atoms with Gasteiger partial charge in [0.25, 0.3) is 6.47 Å². The third-order valence-corrected chi connectivity index (χ3v) is 5.54. The molecule has 2 N–H and O–H groups in total. The van der Waals surface area contributed by atoms with Gasteiger partial charge in [0.2, 0.25) is 0 Å². The lowest BCUT2D eigenvalue weighted by Gasteiger charge is -2.35. The van der Waals surface area contributed by atoms with Gasteiger partial charge < -0.3 is 19.5 Å². The van der Waals surface area contributed by atoms with Crippen LogP contribution in [0.5, 0.6) is 5.75 Å². The van der Waals surface area contributed by atoms with Crippen molar-refractivity contribution in [2.45, 2.75) is 38.5 Å². The second-order valence-corrected chi connectivity index (χ2v) is 7.84. The third kappa shape index (κ3) is 5.25. The standard InChI is InChI=1S/C19H23ClN2O3.CH2O2/c1-12-5-17(25-21-12)11-22-9-13-6-18(23)19(7-14(13)10-22)24-16-4-2-3-15(20)8-16;2-1-3/h2-5,8,13-14,18-19,23H,6-7,9-11H2,1H3;1H,(H,2,3)/t13-,14+,18+,19+;/m0./s1. The number of hydrogen-bond acceptors (Lipinski definition) is 6. The average Bonchev–Trinajstić information content (AvgIpc) is 3.21. The van der Waals surface area contributed by atoms with Crippen molar-refractivity contribution in [1.29, 1.82) is 0 Å². The molecule has 1 saturated carbocycles. The fourth-order valence-electron chi connectivity index (χ4n) is 4.17. The Morgan fingerprint density at radius 2 is 2.04 bits per heavy atom. The lowest BCUT2D eigenvalue weighted by Crippen LogP contribution is -2.42. The highest BCUT2D eigenvalue weighted by Gasteiger charge is 2.42. The van der Waals surface area contributed by atoms with Crippen LogP contribution >= 0.6 is 11.6 Å². The van der Waals surface area contributed by atoms with Gasteiger partial charge in [0.1, 0.15) is 11.9 Å². The molecule has 2 aliphatic rings. The lowest BCUT2D eigenvalue weighted by molar-refractivity contribution is -0.122. The molecule has 2 heterocycles. The number of carbonyl (C=O) groups is 1. The molecule has 28 heavy (non-hydrogen) atoms. The van der Waals surface area contributed by atoms with Gasteiger partial charge in [0.05, 0.1) is 18.3 Å². The van der Waals surface area contributed by atoms with Crippen LogP contribution in [0.1, 0.15) is 24.3 Å². The zero-order valence-corrected chi connectivity index (χ0v) is 16.5. The Morgan fingerprint density at radius 1 is 1.32 bits per heavy atom. The topological polar surface area (TPSA) is 96.0 Å². The van der Waals surface area contributed by atoms with Crippen LogP contribution in [0.15, 0.2) is 34.9 Å². The second kappa shape index (κ2) is 9.41. The zero-order valence-electron chi connectivity index (χ0n) is 15.7. The van der Waals surface area contributed by atoms with E-state index in [-0.39, 0.29) is 12.6 Å². The Morgan fingerprint density at radius 3 is 2.68 bits per heavy atom. The third-order valence-electron chi connectivity index (χ3n) is 5.30. The number of hydrogen-bond donors (Lipinski definition) is 2. The maximum absolute atomic E-state index is 10.5. The van der Waals surface area contributed by atoms with Gasteiger partial charge in [0.15, 0.2) is 5.76 Å². The molecule has 8 heteroatoms. The van der Waals surface area contributed by atoms with Crippen LogP contribution in [-0.4, -0.2) is 52.0 Å². The maximum atomic E-state index is 10.5. The maximum Gasteiger partial charge on any atom is 0.290 e. The molecule has 0 amide bonds. The number of likely N-dealkylation sites (tertiary alicyclic amines) is 1. The van der Waals surface area contributed by atoms with E-state index in [4.69, 9.17) is 30.8 Å². The molecule has 152 valence electrons. The highest BCUT2D eigenvalue weighted by molar-refractivity contribution is 6.30. The van der Waals surface area contributed by atoms with Crippen LogP contribution in [-0.2, 0) is 11.3 Å². The fraction of sp³-hybridized carbons (Fsp3) is 0.500. The van der Waals surface area contributed by atoms with E-state index in [1.165, 1.54) is 0 Å². The van der Waals surface area contributed by atoms with Gasteiger partial charge in [0, 0.05) is 24.2 Å². The number of carboxylic acid groups (broad SMARTS) is 1. The average molecular weight is 409 g/mol. The fourth-order valence-corrected chi connectivity index (χ4v) is 4.35. The molecule has 1 aromatic carbocycles. The Labute approximate surface area is 168 Å². The van der Waals surface area contributed by atoms with Gasteiger partial charge in [-0.05, 0) is 49.8 Å². The summed E-state index contributed by atoms with van der Waals surface area (Å²) >= 11 is 6.02. The SMILES string of the molecule is Cc1cc(CN2C[C@H]3C[C@@H](Oc4cccc(Cl)c4)[C@H](O)C[C@H]3C2)on1.O=CO. The molecule has 1 aromatic heterocycles. The first-order valence-corrected chi connectivity index (χ1v) is 9.69. The van der Waals surface area contributed by atoms with Gasteiger partial charge in [-0.1, -0.05) is 22.8 Å². The van der Waals surface area contributed by atoms with E-state index in [9.17, 15) is 5.11 Å². The van der Waals surface area contributed by atoms with E-state index in [0.717, 1.165) is 49.7 Å². The van der Waals surface area contributed by atoms with Crippen LogP contribution in [0.3, 0.4) is 0 Å². The molecule has 0 unspecified atom stereocenters. The smallest absolute Gasteiger partial charge is 0.290 e. The van der Waals surface area contributed by atoms with Crippen molar-refractivity contribution in [2.75, 3.05) is 13.1 Å². The highest BCUT2D eigenvalue weighted by atomic mass is 35.5. The number of rotatable bonds is 4. The summed E-state index contributed by atoms with van der Waals surface area (Å²) < 4.78 is 11.4. The van der Waals surface area contributed by atoms with Crippen molar-refractivity contribution in [3.63, 3.8) is 0 Å². The molecule has 1 aliphatic carbocycles. The molecular formula is C20H25ClN2O5. The number of aryl methyl sites for hydroxylation is 1. The summed E-state index contributed by atoms with van der Waals surface area (Å²) in [5, 5.41) is 22.0. The van der Waals surface area contributed by atoms with Crippen molar-refractivity contribution in [2.24, 2.45) is 11.8 Å². The quantitative estimate of drug-likeness (QED) is 0.750. The van der Waals surface area contributed by atoms with Gasteiger partial charge >= 0.3 is 0 Å². The summed E-state index contributed by atoms with van der Waals surface area (Å²) in [6.45, 7) is 4.46. The van der Waals surface area contributed by atoms with Crippen molar-refractivity contribution >= 4 is 18.1 Å². The van der Waals surface area contributed by atoms with Crippen LogP contribution in [0, 0.1) is 18.8 Å². The molecule has 4 atom stereocenters. The normalized spacial score (nSPS) is 26.8. The van der Waals surface area contributed by atoms with E-state index in [1.54, 1.807) is 6.07 Å². The van der Waals surface area contributed by atoms with Crippen LogP contribution in [0.4, 0.5) is 0 Å². The summed E-state index contributed by atoms with van der Waals surface area (Å²) in [6.07, 6.45) is 1.03. The molecule has 0 spiro atoms. The number of nitrogens with zero attached hydrogens (tertiary/aromatic N) is 2. The predicted octanol–water partition coefficient (Wildman–Crippen LogP) is 2.99. The summed E-state index contributed by atoms with van der Waals surface area (Å²) in [4.78, 5) is 10.8. The predicted molar refractivity (Wildman–Crippen MR) is 103 cm³/mol. The second-order valence-electron chi connectivity index (χ2n) is 7.41. The number of aromatic nitrogens is 1. The Hall–Kier alpha value is -2.09. The number of aliphatic hydroxyl groups excluding tert-OH is 1. The zero-order chi connectivity index (χ0) is 20.1. The van der Waals surface area contributed by atoms with Gasteiger partial charge in [-0.3, -0.25) is 9.69 Å². The molecule has 1 saturated heterocycles. The van der Waals surface area contributed by atoms with Gasteiger partial charge in [-0.25, -0.2) is 0 Å². The largest absolute Gasteiger partial charge is 0.488 e. The van der Waals surface area contributed by atoms with Gasteiger partial charge in [-0.15, -0.1) is 0 Å². The first kappa shape index (κ1) is 20.6. The van der Waals surface area contributed by atoms with Crippen molar-refractivity contribution in [1.82, 2.24) is 10.1 Å². The first-order chi connectivity index (χ1) is 13.5. The van der Waals surface area contributed by atoms with E-state index in [1.807, 2.05) is 31.2 Å². The van der Waals surface area contributed by atoms with Crippen molar-refractivity contribution in [3.8, 4) is 5.75 Å². The van der Waals surface area contributed by atoms with Crippen LogP contribution in [0.25, 0.3) is 0 Å². The minimum Gasteiger partial charge on any atom is -0.488 e. The van der Waals surface area contributed by atoms with E-state index < -0.39 is 6.10 Å². The molecule has 0 radical (unpaired) electrons. The minimum atomic E-state index is -0.437. The van der Waals surface area contributed by atoms with Crippen molar-refractivity contribution < 1.29 is 24.3 Å². The molecule has 0 bridgehead atoms. The molecule has 4 rings (SSSR count). The van der Waals surface area contributed by atoms with Crippen LogP contribution < -0.4 is 4.74 Å². The lowest BCUT2D eigenvalue weighted by atomic mass is 9.78. The number of halogens is 1.